The number of morpholine rings is 1. The Labute approximate surface area is 107 Å². The molecule has 0 atom stereocenters. The minimum Gasteiger partial charge on any atom is -0.378 e. The highest BCUT2D eigenvalue weighted by molar-refractivity contribution is 5.62. The van der Waals surface area contributed by atoms with Crippen molar-refractivity contribution in [3.05, 3.63) is 48.7 Å². The zero-order valence-electron chi connectivity index (χ0n) is 10.2. The molecule has 3 nitrogen and oxygen atoms in total. The van der Waals surface area contributed by atoms with Crippen molar-refractivity contribution < 1.29 is 4.74 Å². The zero-order valence-corrected chi connectivity index (χ0v) is 10.2. The lowest BCUT2D eigenvalue weighted by Crippen LogP contribution is -2.36. The minimum atomic E-state index is 0.816. The molecule has 0 aliphatic carbocycles. The summed E-state index contributed by atoms with van der Waals surface area (Å²) in [6.45, 7) is 3.57. The van der Waals surface area contributed by atoms with Crippen molar-refractivity contribution in [2.75, 3.05) is 31.2 Å². The molecule has 1 aliphatic heterocycles. The Bertz CT molecular complexity index is 490. The summed E-state index contributed by atoms with van der Waals surface area (Å²) in [5, 5.41) is 0. The third kappa shape index (κ3) is 2.36. The standard InChI is InChI=1S/C15H15N2O/c1-2-8-16-15(3-1)13-4-6-14(7-5-13)17-9-11-18-12-10-17/h2-8H,9-12H2. The molecule has 0 spiro atoms. The maximum atomic E-state index is 5.36. The van der Waals surface area contributed by atoms with E-state index in [4.69, 9.17) is 4.74 Å². The predicted molar refractivity (Wildman–Crippen MR) is 71.5 cm³/mol. The molecule has 1 aromatic heterocycles. The van der Waals surface area contributed by atoms with E-state index in [0.29, 0.717) is 0 Å². The highest BCUT2D eigenvalue weighted by Gasteiger charge is 2.10. The fourth-order valence-corrected chi connectivity index (χ4v) is 2.15. The lowest BCUT2D eigenvalue weighted by atomic mass is 10.1. The summed E-state index contributed by atoms with van der Waals surface area (Å²) < 4.78 is 5.36. The molecule has 0 N–H and O–H groups in total. The van der Waals surface area contributed by atoms with E-state index in [-0.39, 0.29) is 0 Å². The first-order valence-electron chi connectivity index (χ1n) is 6.19. The molecular weight excluding hydrogens is 224 g/mol. The van der Waals surface area contributed by atoms with E-state index in [1.54, 1.807) is 6.20 Å². The number of aromatic nitrogens is 1. The van der Waals surface area contributed by atoms with Gasteiger partial charge in [-0.25, -0.2) is 0 Å². The van der Waals surface area contributed by atoms with E-state index in [9.17, 15) is 0 Å². The number of rotatable bonds is 2. The van der Waals surface area contributed by atoms with Gasteiger partial charge in [0.1, 0.15) is 0 Å². The van der Waals surface area contributed by atoms with Gasteiger partial charge in [-0.15, -0.1) is 0 Å². The second-order valence-electron chi connectivity index (χ2n) is 4.29. The lowest BCUT2D eigenvalue weighted by molar-refractivity contribution is 0.122. The molecule has 91 valence electrons. The van der Waals surface area contributed by atoms with E-state index >= 15 is 0 Å². The third-order valence-corrected chi connectivity index (χ3v) is 3.14. The summed E-state index contributed by atoms with van der Waals surface area (Å²) in [5.41, 5.74) is 3.34. The second-order valence-corrected chi connectivity index (χ2v) is 4.29. The molecule has 1 saturated heterocycles. The molecule has 1 aromatic carbocycles. The van der Waals surface area contributed by atoms with Crippen LogP contribution < -0.4 is 4.90 Å². The summed E-state index contributed by atoms with van der Waals surface area (Å²) in [6, 6.07) is 15.3. The van der Waals surface area contributed by atoms with Crippen LogP contribution in [0.15, 0.2) is 42.6 Å². The van der Waals surface area contributed by atoms with Gasteiger partial charge in [0.2, 0.25) is 0 Å². The number of anilines is 1. The Hall–Kier alpha value is -1.87. The quantitative estimate of drug-likeness (QED) is 0.804. The first-order valence-corrected chi connectivity index (χ1v) is 6.19. The number of hydrogen-bond donors (Lipinski definition) is 0. The average molecular weight is 239 g/mol. The van der Waals surface area contributed by atoms with E-state index in [0.717, 1.165) is 37.6 Å². The Morgan fingerprint density at radius 1 is 1.11 bits per heavy atom. The average Bonchev–Trinajstić information content (AvgIpc) is 2.49. The van der Waals surface area contributed by atoms with Gasteiger partial charge in [0.05, 0.1) is 18.9 Å². The molecule has 1 radical (unpaired) electrons. The maximum Gasteiger partial charge on any atom is 0.0708 e. The predicted octanol–water partition coefficient (Wildman–Crippen LogP) is 2.39. The second kappa shape index (κ2) is 5.19. The molecule has 0 bridgehead atoms. The number of benzene rings is 1. The van der Waals surface area contributed by atoms with Gasteiger partial charge in [0, 0.05) is 30.5 Å². The van der Waals surface area contributed by atoms with E-state index in [2.05, 4.69) is 40.2 Å². The molecule has 2 aromatic rings. The Kier molecular flexibility index (Phi) is 3.24. The van der Waals surface area contributed by atoms with E-state index in [1.807, 2.05) is 12.1 Å². The molecule has 1 aliphatic rings. The van der Waals surface area contributed by atoms with Gasteiger partial charge in [-0.2, -0.15) is 0 Å². The summed E-state index contributed by atoms with van der Waals surface area (Å²) in [5.74, 6) is 0. The van der Waals surface area contributed by atoms with Gasteiger partial charge >= 0.3 is 0 Å². The van der Waals surface area contributed by atoms with Gasteiger partial charge in [0.25, 0.3) is 0 Å². The van der Waals surface area contributed by atoms with Crippen LogP contribution in [-0.2, 0) is 4.74 Å². The van der Waals surface area contributed by atoms with Crippen molar-refractivity contribution in [1.29, 1.82) is 0 Å². The van der Waals surface area contributed by atoms with Crippen molar-refractivity contribution in [2.24, 2.45) is 0 Å². The number of hydrogen-bond acceptors (Lipinski definition) is 3. The molecule has 3 rings (SSSR count). The molecule has 0 unspecified atom stereocenters. The van der Waals surface area contributed by atoms with Crippen LogP contribution in [0.3, 0.4) is 0 Å². The Balaban J connectivity index is 1.80. The number of pyridine rings is 1. The van der Waals surface area contributed by atoms with Crippen LogP contribution in [0.4, 0.5) is 5.69 Å². The lowest BCUT2D eigenvalue weighted by Gasteiger charge is -2.28. The van der Waals surface area contributed by atoms with Crippen LogP contribution in [0, 0.1) is 6.07 Å². The summed E-state index contributed by atoms with van der Waals surface area (Å²) in [7, 11) is 0. The summed E-state index contributed by atoms with van der Waals surface area (Å²) in [4.78, 5) is 6.67. The van der Waals surface area contributed by atoms with Crippen LogP contribution >= 0.6 is 0 Å². The Morgan fingerprint density at radius 2 is 1.89 bits per heavy atom. The highest BCUT2D eigenvalue weighted by Crippen LogP contribution is 2.21. The van der Waals surface area contributed by atoms with E-state index in [1.165, 1.54) is 5.69 Å². The molecule has 3 heteroatoms. The fraction of sp³-hybridized carbons (Fsp3) is 0.267. The first kappa shape index (κ1) is 11.2. The van der Waals surface area contributed by atoms with Gasteiger partial charge < -0.3 is 9.64 Å². The van der Waals surface area contributed by atoms with E-state index < -0.39 is 0 Å². The van der Waals surface area contributed by atoms with Gasteiger partial charge in [-0.3, -0.25) is 4.98 Å². The fourth-order valence-electron chi connectivity index (χ4n) is 2.15. The zero-order chi connectivity index (χ0) is 12.2. The minimum absolute atomic E-state index is 0.816. The molecule has 2 heterocycles. The van der Waals surface area contributed by atoms with Crippen molar-refractivity contribution in [3.63, 3.8) is 0 Å². The highest BCUT2D eigenvalue weighted by atomic mass is 16.5. The molecule has 0 saturated carbocycles. The normalized spacial score (nSPS) is 15.7. The molecule has 1 fully saturated rings. The molecule has 0 amide bonds. The number of nitrogens with zero attached hydrogens (tertiary/aromatic N) is 2. The summed E-state index contributed by atoms with van der Waals surface area (Å²) >= 11 is 0. The van der Waals surface area contributed by atoms with Gasteiger partial charge in [-0.05, 0) is 30.3 Å². The monoisotopic (exact) mass is 239 g/mol. The topological polar surface area (TPSA) is 25.4 Å². The van der Waals surface area contributed by atoms with Crippen LogP contribution in [-0.4, -0.2) is 31.3 Å². The number of ether oxygens (including phenoxy) is 1. The van der Waals surface area contributed by atoms with Gasteiger partial charge in [-0.1, -0.05) is 12.1 Å². The van der Waals surface area contributed by atoms with Crippen LogP contribution in [0.1, 0.15) is 0 Å². The SMILES string of the molecule is [c]1ccnc(-c2ccc(N3CCOCC3)cc2)c1. The van der Waals surface area contributed by atoms with Crippen molar-refractivity contribution in [1.82, 2.24) is 4.98 Å². The van der Waals surface area contributed by atoms with Crippen LogP contribution in [0.5, 0.6) is 0 Å². The Morgan fingerprint density at radius 3 is 2.56 bits per heavy atom. The molecule has 18 heavy (non-hydrogen) atoms. The largest absolute Gasteiger partial charge is 0.378 e. The maximum absolute atomic E-state index is 5.36. The van der Waals surface area contributed by atoms with Crippen molar-refractivity contribution in [3.8, 4) is 11.3 Å². The van der Waals surface area contributed by atoms with Crippen molar-refractivity contribution >= 4 is 5.69 Å². The first-order chi connectivity index (χ1) is 8.93. The summed E-state index contributed by atoms with van der Waals surface area (Å²) in [6.07, 6.45) is 1.77. The van der Waals surface area contributed by atoms with Crippen molar-refractivity contribution in [2.45, 2.75) is 0 Å². The van der Waals surface area contributed by atoms with Gasteiger partial charge in [0.15, 0.2) is 0 Å². The van der Waals surface area contributed by atoms with Crippen LogP contribution in [0.2, 0.25) is 0 Å². The third-order valence-electron chi connectivity index (χ3n) is 3.14. The smallest absolute Gasteiger partial charge is 0.0708 e. The van der Waals surface area contributed by atoms with Crippen LogP contribution in [0.25, 0.3) is 11.3 Å². The molecular formula is C15H15N2O.